The van der Waals surface area contributed by atoms with E-state index in [1.165, 1.54) is 5.56 Å². The van der Waals surface area contributed by atoms with Crippen molar-refractivity contribution < 1.29 is 9.59 Å². The van der Waals surface area contributed by atoms with E-state index in [2.05, 4.69) is 12.2 Å². The van der Waals surface area contributed by atoms with Crippen LogP contribution in [-0.4, -0.2) is 24.9 Å². The summed E-state index contributed by atoms with van der Waals surface area (Å²) >= 11 is 0. The van der Waals surface area contributed by atoms with Gasteiger partial charge >= 0.3 is 0 Å². The fourth-order valence-corrected chi connectivity index (χ4v) is 2.44. The van der Waals surface area contributed by atoms with Crippen LogP contribution in [0.3, 0.4) is 0 Å². The minimum atomic E-state index is -0.222. The van der Waals surface area contributed by atoms with Crippen molar-refractivity contribution in [1.29, 1.82) is 0 Å². The topological polar surface area (TPSA) is 49.4 Å². The quantitative estimate of drug-likeness (QED) is 0.894. The zero-order valence-electron chi connectivity index (χ0n) is 12.2. The summed E-state index contributed by atoms with van der Waals surface area (Å²) in [7, 11) is 0. The standard InChI is InChI=1S/C16H22N2O2/c1-3-9-17-16(20)13-10-15(19)18(11-13)14-7-5-12(4-2)6-8-14/h5-8,13H,3-4,9-11H2,1-2H3,(H,17,20). The van der Waals surface area contributed by atoms with Crippen LogP contribution in [0.25, 0.3) is 0 Å². The summed E-state index contributed by atoms with van der Waals surface area (Å²) in [4.78, 5) is 25.7. The molecule has 1 fully saturated rings. The molecule has 0 bridgehead atoms. The number of hydrogen-bond donors (Lipinski definition) is 1. The maximum Gasteiger partial charge on any atom is 0.227 e. The molecule has 0 aliphatic carbocycles. The van der Waals surface area contributed by atoms with Crippen molar-refractivity contribution in [3.63, 3.8) is 0 Å². The zero-order chi connectivity index (χ0) is 14.5. The van der Waals surface area contributed by atoms with E-state index in [9.17, 15) is 9.59 Å². The van der Waals surface area contributed by atoms with Gasteiger partial charge in [0, 0.05) is 25.2 Å². The molecule has 1 aromatic carbocycles. The number of rotatable bonds is 5. The predicted molar refractivity (Wildman–Crippen MR) is 79.6 cm³/mol. The van der Waals surface area contributed by atoms with Gasteiger partial charge in [-0.1, -0.05) is 26.0 Å². The molecule has 1 heterocycles. The highest BCUT2D eigenvalue weighted by molar-refractivity contribution is 6.00. The third-order valence-corrected chi connectivity index (χ3v) is 3.70. The SMILES string of the molecule is CCCNC(=O)C1CC(=O)N(c2ccc(CC)cc2)C1. The summed E-state index contributed by atoms with van der Waals surface area (Å²) in [6.07, 6.45) is 2.20. The van der Waals surface area contributed by atoms with E-state index >= 15 is 0 Å². The molecule has 1 atom stereocenters. The number of amides is 2. The summed E-state index contributed by atoms with van der Waals surface area (Å²) in [6.45, 7) is 5.28. The Morgan fingerprint density at radius 1 is 1.30 bits per heavy atom. The Morgan fingerprint density at radius 2 is 2.00 bits per heavy atom. The molecule has 4 heteroatoms. The highest BCUT2D eigenvalue weighted by Crippen LogP contribution is 2.25. The second-order valence-corrected chi connectivity index (χ2v) is 5.22. The number of aryl methyl sites for hydroxylation is 1. The van der Waals surface area contributed by atoms with Gasteiger partial charge in [-0.2, -0.15) is 0 Å². The average Bonchev–Trinajstić information content (AvgIpc) is 2.87. The molecule has 1 aliphatic rings. The molecule has 1 saturated heterocycles. The Bertz CT molecular complexity index is 482. The van der Waals surface area contributed by atoms with Gasteiger partial charge in [0.15, 0.2) is 0 Å². The molecule has 0 saturated carbocycles. The fourth-order valence-electron chi connectivity index (χ4n) is 2.44. The van der Waals surface area contributed by atoms with Crippen molar-refractivity contribution >= 4 is 17.5 Å². The summed E-state index contributed by atoms with van der Waals surface area (Å²) in [5.41, 5.74) is 2.13. The maximum absolute atomic E-state index is 12.1. The van der Waals surface area contributed by atoms with Crippen LogP contribution in [0.1, 0.15) is 32.3 Å². The second-order valence-electron chi connectivity index (χ2n) is 5.22. The van der Waals surface area contributed by atoms with E-state index in [1.54, 1.807) is 4.90 Å². The van der Waals surface area contributed by atoms with Crippen LogP contribution < -0.4 is 10.2 Å². The van der Waals surface area contributed by atoms with Crippen LogP contribution in [0.4, 0.5) is 5.69 Å². The van der Waals surface area contributed by atoms with Crippen molar-refractivity contribution in [2.45, 2.75) is 33.1 Å². The van der Waals surface area contributed by atoms with Crippen LogP contribution in [0.2, 0.25) is 0 Å². The summed E-state index contributed by atoms with van der Waals surface area (Å²) in [6, 6.07) is 7.99. The summed E-state index contributed by atoms with van der Waals surface area (Å²) < 4.78 is 0. The van der Waals surface area contributed by atoms with Gasteiger partial charge in [-0.3, -0.25) is 9.59 Å². The lowest BCUT2D eigenvalue weighted by atomic mass is 10.1. The summed E-state index contributed by atoms with van der Waals surface area (Å²) in [5, 5.41) is 2.87. The summed E-state index contributed by atoms with van der Waals surface area (Å²) in [5.74, 6) is -0.196. The lowest BCUT2D eigenvalue weighted by Gasteiger charge is -2.17. The van der Waals surface area contributed by atoms with E-state index in [4.69, 9.17) is 0 Å². The molecular weight excluding hydrogens is 252 g/mol. The molecule has 1 aromatic rings. The normalized spacial score (nSPS) is 18.4. The molecule has 1 aliphatic heterocycles. The molecule has 0 aromatic heterocycles. The van der Waals surface area contributed by atoms with Gasteiger partial charge in [0.25, 0.3) is 0 Å². The number of nitrogens with zero attached hydrogens (tertiary/aromatic N) is 1. The first-order chi connectivity index (χ1) is 9.65. The Hall–Kier alpha value is -1.84. The minimum Gasteiger partial charge on any atom is -0.356 e. The number of carbonyl (C=O) groups is 2. The van der Waals surface area contributed by atoms with E-state index in [0.29, 0.717) is 19.5 Å². The van der Waals surface area contributed by atoms with Gasteiger partial charge in [0.2, 0.25) is 11.8 Å². The van der Waals surface area contributed by atoms with Crippen LogP contribution in [0.15, 0.2) is 24.3 Å². The first-order valence-corrected chi connectivity index (χ1v) is 7.32. The van der Waals surface area contributed by atoms with Crippen molar-refractivity contribution in [3.05, 3.63) is 29.8 Å². The largest absolute Gasteiger partial charge is 0.356 e. The Balaban J connectivity index is 2.03. The van der Waals surface area contributed by atoms with E-state index in [-0.39, 0.29) is 17.7 Å². The van der Waals surface area contributed by atoms with Crippen molar-refractivity contribution in [3.8, 4) is 0 Å². The van der Waals surface area contributed by atoms with Crippen LogP contribution in [0.5, 0.6) is 0 Å². The van der Waals surface area contributed by atoms with Gasteiger partial charge in [0.05, 0.1) is 5.92 Å². The number of carbonyl (C=O) groups excluding carboxylic acids is 2. The van der Waals surface area contributed by atoms with Gasteiger partial charge in [-0.25, -0.2) is 0 Å². The third-order valence-electron chi connectivity index (χ3n) is 3.70. The highest BCUT2D eigenvalue weighted by Gasteiger charge is 2.34. The van der Waals surface area contributed by atoms with Crippen LogP contribution in [-0.2, 0) is 16.0 Å². The van der Waals surface area contributed by atoms with Gasteiger partial charge in [0.1, 0.15) is 0 Å². The zero-order valence-corrected chi connectivity index (χ0v) is 12.2. The lowest BCUT2D eigenvalue weighted by Crippen LogP contribution is -2.33. The van der Waals surface area contributed by atoms with E-state index in [1.807, 2.05) is 31.2 Å². The number of anilines is 1. The maximum atomic E-state index is 12.1. The third kappa shape index (κ3) is 3.18. The number of hydrogen-bond acceptors (Lipinski definition) is 2. The van der Waals surface area contributed by atoms with Gasteiger partial charge in [-0.05, 0) is 30.5 Å². The molecule has 2 rings (SSSR count). The highest BCUT2D eigenvalue weighted by atomic mass is 16.2. The van der Waals surface area contributed by atoms with Crippen LogP contribution >= 0.6 is 0 Å². The Labute approximate surface area is 120 Å². The Morgan fingerprint density at radius 3 is 2.60 bits per heavy atom. The molecule has 0 spiro atoms. The smallest absolute Gasteiger partial charge is 0.227 e. The molecule has 1 unspecified atom stereocenters. The van der Waals surface area contributed by atoms with Crippen molar-refractivity contribution in [1.82, 2.24) is 5.32 Å². The van der Waals surface area contributed by atoms with Crippen molar-refractivity contribution in [2.75, 3.05) is 18.0 Å². The number of nitrogens with one attached hydrogen (secondary N) is 1. The predicted octanol–water partition coefficient (Wildman–Crippen LogP) is 2.13. The molecule has 2 amide bonds. The molecule has 20 heavy (non-hydrogen) atoms. The molecule has 4 nitrogen and oxygen atoms in total. The fraction of sp³-hybridized carbons (Fsp3) is 0.500. The van der Waals surface area contributed by atoms with E-state index in [0.717, 1.165) is 18.5 Å². The van der Waals surface area contributed by atoms with Gasteiger partial charge < -0.3 is 10.2 Å². The monoisotopic (exact) mass is 274 g/mol. The molecular formula is C16H22N2O2. The van der Waals surface area contributed by atoms with Gasteiger partial charge in [-0.15, -0.1) is 0 Å². The first kappa shape index (κ1) is 14.6. The van der Waals surface area contributed by atoms with Crippen molar-refractivity contribution in [2.24, 2.45) is 5.92 Å². The Kier molecular flexibility index (Phi) is 4.77. The average molecular weight is 274 g/mol. The second kappa shape index (κ2) is 6.55. The van der Waals surface area contributed by atoms with E-state index < -0.39 is 0 Å². The first-order valence-electron chi connectivity index (χ1n) is 7.32. The number of benzene rings is 1. The van der Waals surface area contributed by atoms with Crippen LogP contribution in [0, 0.1) is 5.92 Å². The molecule has 1 N–H and O–H groups in total. The minimum absolute atomic E-state index is 0.00659. The molecule has 0 radical (unpaired) electrons. The lowest BCUT2D eigenvalue weighted by molar-refractivity contribution is -0.126. The molecule has 108 valence electrons.